The number of hydrogen-bond acceptors (Lipinski definition) is 2. The molecule has 1 atom stereocenters. The molecule has 3 nitrogen and oxygen atoms in total. The summed E-state index contributed by atoms with van der Waals surface area (Å²) in [6.45, 7) is 0. The number of aliphatic carboxylic acids is 1. The van der Waals surface area contributed by atoms with E-state index in [2.05, 4.69) is 0 Å². The fourth-order valence-corrected chi connectivity index (χ4v) is 1.06. The minimum Gasteiger partial charge on any atom is -0.478 e. The summed E-state index contributed by atoms with van der Waals surface area (Å²) in [5.41, 5.74) is -0.353. The van der Waals surface area contributed by atoms with E-state index in [1.165, 1.54) is 6.08 Å². The van der Waals surface area contributed by atoms with Crippen LogP contribution in [-0.4, -0.2) is 28.5 Å². The highest BCUT2D eigenvalue weighted by Gasteiger charge is 2.21. The minimum absolute atomic E-state index is 0.205. The highest BCUT2D eigenvalue weighted by atomic mass is 35.5. The molecule has 1 N–H and O–H groups in total. The zero-order chi connectivity index (χ0) is 8.43. The van der Waals surface area contributed by atoms with Crippen LogP contribution in [0.2, 0.25) is 0 Å². The number of carboxylic acids is 1. The quantitative estimate of drug-likeness (QED) is 0.476. The van der Waals surface area contributed by atoms with Crippen LogP contribution < -0.4 is 0 Å². The van der Waals surface area contributed by atoms with Gasteiger partial charge in [-0.1, -0.05) is 11.6 Å². The first-order valence-electron chi connectivity index (χ1n) is 3.10. The summed E-state index contributed by atoms with van der Waals surface area (Å²) < 4.78 is 0. The van der Waals surface area contributed by atoms with Crippen molar-refractivity contribution in [2.45, 2.75) is 5.50 Å². The minimum atomic E-state index is -0.971. The molecule has 0 aromatic carbocycles. The molecule has 4 heteroatoms. The van der Waals surface area contributed by atoms with Crippen molar-refractivity contribution in [2.24, 2.45) is 0 Å². The van der Waals surface area contributed by atoms with Gasteiger partial charge in [-0.05, 0) is 12.2 Å². The Morgan fingerprint density at radius 1 is 1.82 bits per heavy atom. The summed E-state index contributed by atoms with van der Waals surface area (Å²) >= 11 is 5.75. The molecule has 0 spiro atoms. The number of carbonyl (C=O) groups is 1. The van der Waals surface area contributed by atoms with E-state index in [0.717, 1.165) is 0 Å². The van der Waals surface area contributed by atoms with Crippen molar-refractivity contribution < 1.29 is 9.90 Å². The summed E-state index contributed by atoms with van der Waals surface area (Å²) in [7, 11) is 1.73. The Morgan fingerprint density at radius 2 is 2.45 bits per heavy atom. The number of hydrogen-bond donors (Lipinski definition) is 1. The van der Waals surface area contributed by atoms with Gasteiger partial charge in [0.1, 0.15) is 5.50 Å². The van der Waals surface area contributed by atoms with Crippen molar-refractivity contribution in [1.29, 1.82) is 0 Å². The van der Waals surface area contributed by atoms with Gasteiger partial charge in [-0.2, -0.15) is 0 Å². The lowest BCUT2D eigenvalue weighted by molar-refractivity contribution is -0.133. The van der Waals surface area contributed by atoms with Crippen molar-refractivity contribution >= 4 is 17.6 Å². The average Bonchev–Trinajstić information content (AvgIpc) is 1.94. The largest absolute Gasteiger partial charge is 0.478 e. The van der Waals surface area contributed by atoms with Crippen molar-refractivity contribution in [2.75, 3.05) is 7.05 Å². The van der Waals surface area contributed by atoms with Gasteiger partial charge < -0.3 is 10.0 Å². The van der Waals surface area contributed by atoms with Gasteiger partial charge in [-0.25, -0.2) is 4.79 Å². The topological polar surface area (TPSA) is 40.5 Å². The lowest BCUT2D eigenvalue weighted by Crippen LogP contribution is -2.29. The van der Waals surface area contributed by atoms with Gasteiger partial charge in [0, 0.05) is 13.2 Å². The molecule has 0 aromatic rings. The van der Waals surface area contributed by atoms with Gasteiger partial charge in [0.25, 0.3) is 0 Å². The van der Waals surface area contributed by atoms with Gasteiger partial charge in [-0.3, -0.25) is 0 Å². The molecule has 0 radical (unpaired) electrons. The predicted molar refractivity (Wildman–Crippen MR) is 42.3 cm³/mol. The molecule has 0 saturated carbocycles. The molecule has 1 rings (SSSR count). The van der Waals surface area contributed by atoms with E-state index in [1.807, 2.05) is 0 Å². The van der Waals surface area contributed by atoms with E-state index < -0.39 is 11.5 Å². The zero-order valence-corrected chi connectivity index (χ0v) is 6.75. The Bertz CT molecular complexity index is 235. The molecule has 0 bridgehead atoms. The van der Waals surface area contributed by atoms with Crippen LogP contribution in [0, 0.1) is 0 Å². The van der Waals surface area contributed by atoms with Crippen LogP contribution in [0.3, 0.4) is 0 Å². The van der Waals surface area contributed by atoms with E-state index in [4.69, 9.17) is 16.7 Å². The predicted octanol–water partition coefficient (Wildman–Crippen LogP) is 1.02. The normalized spacial score (nSPS) is 23.3. The van der Waals surface area contributed by atoms with E-state index in [1.54, 1.807) is 24.2 Å². The molecule has 0 aromatic heterocycles. The first kappa shape index (κ1) is 8.14. The number of halogens is 1. The van der Waals surface area contributed by atoms with Crippen LogP contribution in [0.5, 0.6) is 0 Å². The first-order valence-corrected chi connectivity index (χ1v) is 3.54. The van der Waals surface area contributed by atoms with Crippen molar-refractivity contribution in [3.63, 3.8) is 0 Å². The maximum Gasteiger partial charge on any atom is 0.334 e. The molecule has 1 heterocycles. The molecular weight excluding hydrogens is 166 g/mol. The van der Waals surface area contributed by atoms with Crippen LogP contribution in [-0.2, 0) is 4.79 Å². The summed E-state index contributed by atoms with van der Waals surface area (Å²) in [6, 6.07) is 0. The number of nitrogens with zero attached hydrogens (tertiary/aromatic N) is 1. The van der Waals surface area contributed by atoms with Crippen LogP contribution in [0.4, 0.5) is 0 Å². The second-order valence-electron chi connectivity index (χ2n) is 2.27. The van der Waals surface area contributed by atoms with Gasteiger partial charge in [0.2, 0.25) is 0 Å². The Morgan fingerprint density at radius 3 is 2.91 bits per heavy atom. The third-order valence-corrected chi connectivity index (χ3v) is 2.00. The molecule has 1 unspecified atom stereocenters. The second kappa shape index (κ2) is 2.96. The standard InChI is InChI=1S/C7H8ClNO2/c1-9-4-2-3-5(6(9)8)7(10)11/h2-4,6H,1H3,(H,10,11). The Labute approximate surface area is 69.6 Å². The van der Waals surface area contributed by atoms with E-state index in [0.29, 0.717) is 0 Å². The summed E-state index contributed by atoms with van der Waals surface area (Å²) in [5.74, 6) is -0.971. The van der Waals surface area contributed by atoms with Gasteiger partial charge in [-0.15, -0.1) is 0 Å². The fraction of sp³-hybridized carbons (Fsp3) is 0.286. The van der Waals surface area contributed by atoms with Gasteiger partial charge in [0.05, 0.1) is 5.57 Å². The summed E-state index contributed by atoms with van der Waals surface area (Å²) in [4.78, 5) is 12.1. The number of allylic oxidation sites excluding steroid dienone is 2. The van der Waals surface area contributed by atoms with Crippen molar-refractivity contribution in [3.05, 3.63) is 23.9 Å². The van der Waals surface area contributed by atoms with Gasteiger partial charge >= 0.3 is 5.97 Å². The molecule has 1 aliphatic rings. The fourth-order valence-electron chi connectivity index (χ4n) is 0.830. The Balaban J connectivity index is 2.87. The summed E-state index contributed by atoms with van der Waals surface area (Å²) in [6.07, 6.45) is 4.88. The van der Waals surface area contributed by atoms with Crippen molar-refractivity contribution in [1.82, 2.24) is 4.90 Å². The molecule has 0 aliphatic carbocycles. The molecular formula is C7H8ClNO2. The monoisotopic (exact) mass is 173 g/mol. The van der Waals surface area contributed by atoms with Gasteiger partial charge in [0.15, 0.2) is 0 Å². The number of carboxylic acid groups (broad SMARTS) is 1. The Hall–Kier alpha value is -0.960. The maximum atomic E-state index is 10.5. The third kappa shape index (κ3) is 1.54. The first-order chi connectivity index (χ1) is 5.13. The zero-order valence-electron chi connectivity index (χ0n) is 5.99. The number of alkyl halides is 1. The van der Waals surface area contributed by atoms with Crippen molar-refractivity contribution in [3.8, 4) is 0 Å². The Kier molecular flexibility index (Phi) is 2.19. The highest BCUT2D eigenvalue weighted by molar-refractivity contribution is 6.25. The second-order valence-corrected chi connectivity index (χ2v) is 2.68. The van der Waals surface area contributed by atoms with Crippen LogP contribution >= 0.6 is 11.6 Å². The average molecular weight is 174 g/mol. The lowest BCUT2D eigenvalue weighted by atomic mass is 10.2. The highest BCUT2D eigenvalue weighted by Crippen LogP contribution is 2.17. The SMILES string of the molecule is CN1C=CC=C(C(=O)O)C1Cl. The maximum absolute atomic E-state index is 10.5. The molecule has 11 heavy (non-hydrogen) atoms. The molecule has 60 valence electrons. The van der Waals surface area contributed by atoms with E-state index >= 15 is 0 Å². The molecule has 0 saturated heterocycles. The molecule has 0 amide bonds. The number of likely N-dealkylation sites (N-methyl/N-ethyl adjacent to an activating group) is 1. The smallest absolute Gasteiger partial charge is 0.334 e. The lowest BCUT2D eigenvalue weighted by Gasteiger charge is -2.23. The van der Waals surface area contributed by atoms with Crippen LogP contribution in [0.1, 0.15) is 0 Å². The molecule has 1 aliphatic heterocycles. The summed E-state index contributed by atoms with van der Waals surface area (Å²) in [5, 5.41) is 8.61. The molecule has 0 fully saturated rings. The van der Waals surface area contributed by atoms with E-state index in [9.17, 15) is 4.79 Å². The van der Waals surface area contributed by atoms with Crippen LogP contribution in [0.15, 0.2) is 23.9 Å². The van der Waals surface area contributed by atoms with E-state index in [-0.39, 0.29) is 5.57 Å². The van der Waals surface area contributed by atoms with Crippen LogP contribution in [0.25, 0.3) is 0 Å². The third-order valence-electron chi connectivity index (χ3n) is 1.46. The number of rotatable bonds is 1.